The van der Waals surface area contributed by atoms with Crippen LogP contribution in [-0.4, -0.2) is 15.3 Å². The average molecular weight is 230 g/mol. The van der Waals surface area contributed by atoms with Gasteiger partial charge in [0.2, 0.25) is 0 Å². The van der Waals surface area contributed by atoms with Gasteiger partial charge in [0.25, 0.3) is 0 Å². The van der Waals surface area contributed by atoms with Gasteiger partial charge >= 0.3 is 0 Å². The van der Waals surface area contributed by atoms with Crippen LogP contribution in [0.3, 0.4) is 0 Å². The normalized spacial score (nSPS) is 10.7. The highest BCUT2D eigenvalue weighted by Gasteiger charge is 2.03. The maximum absolute atomic E-state index is 8.97. The fourth-order valence-corrected chi connectivity index (χ4v) is 1.81. The third kappa shape index (κ3) is 2.94. The molecule has 0 spiro atoms. The number of aromatic amines is 1. The molecule has 90 valence electrons. The third-order valence-corrected chi connectivity index (χ3v) is 2.87. The minimum absolute atomic E-state index is 0.00157. The van der Waals surface area contributed by atoms with Crippen molar-refractivity contribution in [2.75, 3.05) is 0 Å². The van der Waals surface area contributed by atoms with Crippen LogP contribution in [0.1, 0.15) is 31.0 Å². The minimum atomic E-state index is 0.00157. The van der Waals surface area contributed by atoms with E-state index in [1.54, 1.807) is 0 Å². The second-order valence-electron chi connectivity index (χ2n) is 4.24. The highest BCUT2D eigenvalue weighted by atomic mass is 16.3. The molecule has 1 heterocycles. The van der Waals surface area contributed by atoms with E-state index >= 15 is 0 Å². The Labute approximate surface area is 102 Å². The summed E-state index contributed by atoms with van der Waals surface area (Å²) in [5.74, 6) is 0. The molecule has 3 nitrogen and oxygen atoms in total. The van der Waals surface area contributed by atoms with E-state index in [-0.39, 0.29) is 6.61 Å². The summed E-state index contributed by atoms with van der Waals surface area (Å²) >= 11 is 0. The Morgan fingerprint density at radius 3 is 2.59 bits per heavy atom. The van der Waals surface area contributed by atoms with Gasteiger partial charge in [0.1, 0.15) is 0 Å². The molecule has 0 unspecified atom stereocenters. The number of aryl methyl sites for hydroxylation is 1. The lowest BCUT2D eigenvalue weighted by atomic mass is 10.0. The molecule has 1 aromatic carbocycles. The van der Waals surface area contributed by atoms with Crippen molar-refractivity contribution in [3.8, 4) is 11.3 Å². The summed E-state index contributed by atoms with van der Waals surface area (Å²) in [4.78, 5) is 0. The SMILES string of the molecule is CCCCc1ccc(-c2cc(CO)[nH]n2)cc1. The van der Waals surface area contributed by atoms with Gasteiger partial charge in [0, 0.05) is 5.56 Å². The first kappa shape index (κ1) is 11.9. The summed E-state index contributed by atoms with van der Waals surface area (Å²) < 4.78 is 0. The van der Waals surface area contributed by atoms with Crippen molar-refractivity contribution in [1.82, 2.24) is 10.2 Å². The van der Waals surface area contributed by atoms with Gasteiger partial charge in [-0.15, -0.1) is 0 Å². The van der Waals surface area contributed by atoms with E-state index < -0.39 is 0 Å². The summed E-state index contributed by atoms with van der Waals surface area (Å²) in [6, 6.07) is 10.3. The maximum atomic E-state index is 8.97. The zero-order valence-corrected chi connectivity index (χ0v) is 10.1. The quantitative estimate of drug-likeness (QED) is 0.829. The predicted molar refractivity (Wildman–Crippen MR) is 68.6 cm³/mol. The van der Waals surface area contributed by atoms with E-state index in [0.29, 0.717) is 0 Å². The van der Waals surface area contributed by atoms with Crippen molar-refractivity contribution in [2.24, 2.45) is 0 Å². The lowest BCUT2D eigenvalue weighted by Gasteiger charge is -2.01. The van der Waals surface area contributed by atoms with E-state index in [1.807, 2.05) is 6.07 Å². The second-order valence-corrected chi connectivity index (χ2v) is 4.24. The van der Waals surface area contributed by atoms with E-state index in [2.05, 4.69) is 41.4 Å². The van der Waals surface area contributed by atoms with Crippen LogP contribution in [0.2, 0.25) is 0 Å². The van der Waals surface area contributed by atoms with Gasteiger partial charge in [0.15, 0.2) is 0 Å². The molecule has 0 fully saturated rings. The number of nitrogens with one attached hydrogen (secondary N) is 1. The molecule has 2 rings (SSSR count). The predicted octanol–water partition coefficient (Wildman–Crippen LogP) is 2.91. The number of benzene rings is 1. The Morgan fingerprint density at radius 2 is 2.00 bits per heavy atom. The molecular formula is C14H18N2O. The Morgan fingerprint density at radius 1 is 1.24 bits per heavy atom. The number of hydrogen-bond donors (Lipinski definition) is 2. The first-order valence-electron chi connectivity index (χ1n) is 6.08. The summed E-state index contributed by atoms with van der Waals surface area (Å²) in [5, 5.41) is 15.9. The average Bonchev–Trinajstić information content (AvgIpc) is 2.86. The molecule has 0 aliphatic carbocycles. The van der Waals surface area contributed by atoms with Gasteiger partial charge in [-0.25, -0.2) is 0 Å². The molecule has 0 saturated heterocycles. The molecule has 0 radical (unpaired) electrons. The summed E-state index contributed by atoms with van der Waals surface area (Å²) in [5.41, 5.74) is 4.08. The molecule has 0 bridgehead atoms. The van der Waals surface area contributed by atoms with Gasteiger partial charge < -0.3 is 5.11 Å². The number of rotatable bonds is 5. The van der Waals surface area contributed by atoms with Crippen LogP contribution in [0, 0.1) is 0 Å². The van der Waals surface area contributed by atoms with E-state index in [1.165, 1.54) is 18.4 Å². The van der Waals surface area contributed by atoms with Gasteiger partial charge in [-0.1, -0.05) is 37.6 Å². The van der Waals surface area contributed by atoms with E-state index in [4.69, 9.17) is 5.11 Å². The fraction of sp³-hybridized carbons (Fsp3) is 0.357. The number of aliphatic hydroxyl groups is 1. The molecule has 0 saturated carbocycles. The van der Waals surface area contributed by atoms with Crippen molar-refractivity contribution >= 4 is 0 Å². The highest BCUT2D eigenvalue weighted by Crippen LogP contribution is 2.19. The van der Waals surface area contributed by atoms with Crippen LogP contribution >= 0.6 is 0 Å². The van der Waals surface area contributed by atoms with Crippen molar-refractivity contribution in [3.63, 3.8) is 0 Å². The van der Waals surface area contributed by atoms with Crippen molar-refractivity contribution in [3.05, 3.63) is 41.6 Å². The first-order chi connectivity index (χ1) is 8.33. The van der Waals surface area contributed by atoms with Crippen LogP contribution in [0.4, 0.5) is 0 Å². The van der Waals surface area contributed by atoms with Crippen LogP contribution < -0.4 is 0 Å². The molecule has 0 aliphatic heterocycles. The fourth-order valence-electron chi connectivity index (χ4n) is 1.81. The number of aliphatic hydroxyl groups excluding tert-OH is 1. The van der Waals surface area contributed by atoms with E-state index in [0.717, 1.165) is 23.4 Å². The number of H-pyrrole nitrogens is 1. The monoisotopic (exact) mass is 230 g/mol. The molecule has 2 N–H and O–H groups in total. The Balaban J connectivity index is 2.11. The van der Waals surface area contributed by atoms with Crippen LogP contribution in [0.25, 0.3) is 11.3 Å². The second kappa shape index (κ2) is 5.64. The summed E-state index contributed by atoms with van der Waals surface area (Å²) in [6.45, 7) is 2.20. The molecule has 0 amide bonds. The molecule has 2 aromatic rings. The van der Waals surface area contributed by atoms with Crippen molar-refractivity contribution in [2.45, 2.75) is 32.8 Å². The highest BCUT2D eigenvalue weighted by molar-refractivity contribution is 5.59. The van der Waals surface area contributed by atoms with Crippen LogP contribution in [-0.2, 0) is 13.0 Å². The minimum Gasteiger partial charge on any atom is -0.390 e. The summed E-state index contributed by atoms with van der Waals surface area (Å²) in [7, 11) is 0. The van der Waals surface area contributed by atoms with Crippen molar-refractivity contribution in [1.29, 1.82) is 0 Å². The molecule has 1 aromatic heterocycles. The lowest BCUT2D eigenvalue weighted by Crippen LogP contribution is -1.85. The van der Waals surface area contributed by atoms with Crippen LogP contribution in [0.5, 0.6) is 0 Å². The Hall–Kier alpha value is -1.61. The smallest absolute Gasteiger partial charge is 0.0924 e. The topological polar surface area (TPSA) is 48.9 Å². The number of nitrogens with zero attached hydrogens (tertiary/aromatic N) is 1. The van der Waals surface area contributed by atoms with Gasteiger partial charge in [-0.05, 0) is 24.5 Å². The van der Waals surface area contributed by atoms with E-state index in [9.17, 15) is 0 Å². The number of unbranched alkanes of at least 4 members (excludes halogenated alkanes) is 1. The molecule has 17 heavy (non-hydrogen) atoms. The van der Waals surface area contributed by atoms with Gasteiger partial charge in [0.05, 0.1) is 18.0 Å². The molecule has 0 aliphatic rings. The molecule has 3 heteroatoms. The summed E-state index contributed by atoms with van der Waals surface area (Å²) in [6.07, 6.45) is 3.59. The Kier molecular flexibility index (Phi) is 3.94. The third-order valence-electron chi connectivity index (χ3n) is 2.87. The Bertz CT molecular complexity index is 459. The van der Waals surface area contributed by atoms with Crippen LogP contribution in [0.15, 0.2) is 30.3 Å². The largest absolute Gasteiger partial charge is 0.390 e. The standard InChI is InChI=1S/C14H18N2O/c1-2-3-4-11-5-7-12(8-6-11)14-9-13(10-17)15-16-14/h5-9,17H,2-4,10H2,1H3,(H,15,16). The lowest BCUT2D eigenvalue weighted by molar-refractivity contribution is 0.276. The van der Waals surface area contributed by atoms with Crippen molar-refractivity contribution < 1.29 is 5.11 Å². The zero-order valence-electron chi connectivity index (χ0n) is 10.1. The zero-order chi connectivity index (χ0) is 12.1. The first-order valence-corrected chi connectivity index (χ1v) is 6.08. The molecular weight excluding hydrogens is 212 g/mol. The maximum Gasteiger partial charge on any atom is 0.0924 e. The van der Waals surface area contributed by atoms with Gasteiger partial charge in [-0.2, -0.15) is 5.10 Å². The number of aromatic nitrogens is 2. The molecule has 0 atom stereocenters. The number of hydrogen-bond acceptors (Lipinski definition) is 2. The van der Waals surface area contributed by atoms with Gasteiger partial charge in [-0.3, -0.25) is 5.10 Å².